The molecule has 2 bridgehead atoms. The predicted octanol–water partition coefficient (Wildman–Crippen LogP) is 4.69. The molecule has 15 nitrogen and oxygen atoms in total. The van der Waals surface area contributed by atoms with E-state index in [-0.39, 0.29) is 25.0 Å². The molecule has 18 heteroatoms. The number of ether oxygens (including phenoxy) is 3. The second kappa shape index (κ2) is 17.9. The number of alkyl halides is 2. The van der Waals surface area contributed by atoms with Gasteiger partial charge in [-0.2, -0.15) is 0 Å². The van der Waals surface area contributed by atoms with Crippen molar-refractivity contribution in [1.29, 1.82) is 0 Å². The van der Waals surface area contributed by atoms with Gasteiger partial charge in [0, 0.05) is 37.4 Å². The molecule has 1 aromatic heterocycles. The minimum Gasteiger partial charge on any atom is -0.492 e. The summed E-state index contributed by atoms with van der Waals surface area (Å²) in [7, 11) is -4.06. The number of nitrogens with zero attached hydrogens (tertiary/aromatic N) is 3. The number of rotatable bonds is 12. The monoisotopic (exact) mass is 966 g/mol. The molecule has 2 saturated heterocycles. The van der Waals surface area contributed by atoms with Gasteiger partial charge < -0.3 is 29.7 Å². The number of pyridine rings is 1. The fraction of sp³-hybridized carbons (Fsp3) is 0.643. The zero-order valence-corrected chi connectivity index (χ0v) is 37.4. The van der Waals surface area contributed by atoms with Gasteiger partial charge in [-0.15, -0.1) is 6.58 Å². The van der Waals surface area contributed by atoms with Gasteiger partial charge in [0.15, 0.2) is 3.55 Å². The number of alkyl carbamates (subject to hydrolysis) is 1. The topological polar surface area (TPSA) is 186 Å². The second-order valence-corrected chi connectivity index (χ2v) is 21.2. The van der Waals surface area contributed by atoms with Crippen LogP contribution >= 0.6 is 22.6 Å². The van der Waals surface area contributed by atoms with E-state index >= 15 is 0 Å². The maximum atomic E-state index is 14.5. The lowest BCUT2D eigenvalue weighted by Gasteiger charge is -2.34. The molecule has 60 heavy (non-hydrogen) atoms. The zero-order chi connectivity index (χ0) is 43.0. The van der Waals surface area contributed by atoms with Crippen molar-refractivity contribution < 1.29 is 46.2 Å². The first kappa shape index (κ1) is 44.3. The van der Waals surface area contributed by atoms with Crippen LogP contribution in [0.3, 0.4) is 0 Å². The summed E-state index contributed by atoms with van der Waals surface area (Å²) in [5.74, 6) is -1.78. The molecule has 4 amide bonds. The van der Waals surface area contributed by atoms with Crippen molar-refractivity contribution in [2.45, 2.75) is 124 Å². The number of carbonyl (C=O) groups is 4. The molecule has 5 aliphatic rings. The first-order valence-electron chi connectivity index (χ1n) is 21.1. The van der Waals surface area contributed by atoms with Crippen molar-refractivity contribution in [3.8, 4) is 11.6 Å². The molecule has 2 aromatic rings. The number of amides is 4. The van der Waals surface area contributed by atoms with Crippen LogP contribution in [0.15, 0.2) is 36.9 Å². The van der Waals surface area contributed by atoms with Crippen LogP contribution < -0.4 is 24.8 Å². The molecule has 1 aromatic carbocycles. The molecule has 4 fully saturated rings. The van der Waals surface area contributed by atoms with Crippen molar-refractivity contribution in [3.63, 3.8) is 0 Å². The lowest BCUT2D eigenvalue weighted by atomic mass is 10.0. The van der Waals surface area contributed by atoms with E-state index in [9.17, 15) is 32.0 Å². The Kier molecular flexibility index (Phi) is 13.2. The lowest BCUT2D eigenvalue weighted by Crippen LogP contribution is -2.62. The molecule has 2 saturated carbocycles. The molecular formula is C42H56FIN6O9S. The van der Waals surface area contributed by atoms with Gasteiger partial charge in [-0.3, -0.25) is 19.3 Å². The minimum absolute atomic E-state index is 0.0127. The predicted molar refractivity (Wildman–Crippen MR) is 230 cm³/mol. The van der Waals surface area contributed by atoms with Gasteiger partial charge in [-0.25, -0.2) is 27.3 Å². The number of halogens is 2. The first-order valence-corrected chi connectivity index (χ1v) is 23.6. The Morgan fingerprint density at radius 3 is 2.63 bits per heavy atom. The summed E-state index contributed by atoms with van der Waals surface area (Å²) in [6.07, 6.45) is 5.27. The molecule has 2 unspecified atom stereocenters. The smallest absolute Gasteiger partial charge is 0.408 e. The molecule has 328 valence electrons. The highest BCUT2D eigenvalue weighted by Crippen LogP contribution is 2.43. The van der Waals surface area contributed by atoms with Crippen molar-refractivity contribution in [2.75, 3.05) is 32.8 Å². The number of sulfonamides is 1. The van der Waals surface area contributed by atoms with Crippen LogP contribution in [-0.4, -0.2) is 119 Å². The van der Waals surface area contributed by atoms with E-state index in [0.29, 0.717) is 69.1 Å². The van der Waals surface area contributed by atoms with Gasteiger partial charge in [0.1, 0.15) is 36.2 Å². The van der Waals surface area contributed by atoms with Crippen LogP contribution in [0.25, 0.3) is 10.9 Å². The largest absolute Gasteiger partial charge is 0.492 e. The Morgan fingerprint density at radius 2 is 1.92 bits per heavy atom. The molecule has 2 aliphatic carbocycles. The first-order chi connectivity index (χ1) is 28.5. The lowest BCUT2D eigenvalue weighted by molar-refractivity contribution is -0.140. The van der Waals surface area contributed by atoms with E-state index in [1.165, 1.54) is 17.9 Å². The molecule has 0 radical (unpaired) electrons. The van der Waals surface area contributed by atoms with Gasteiger partial charge in [0.2, 0.25) is 27.7 Å². The summed E-state index contributed by atoms with van der Waals surface area (Å²) >= 11 is 1.74. The highest BCUT2D eigenvalue weighted by atomic mass is 127. The van der Waals surface area contributed by atoms with Crippen LogP contribution in [0.4, 0.5) is 9.18 Å². The number of aromatic nitrogens is 1. The Morgan fingerprint density at radius 1 is 1.17 bits per heavy atom. The van der Waals surface area contributed by atoms with Gasteiger partial charge >= 0.3 is 6.09 Å². The van der Waals surface area contributed by atoms with E-state index in [1.54, 1.807) is 36.4 Å². The third-order valence-electron chi connectivity index (χ3n) is 12.6. The molecular weight excluding hydrogens is 910 g/mol. The summed E-state index contributed by atoms with van der Waals surface area (Å²) in [6, 6.07) is 5.34. The Balaban J connectivity index is 1.19. The number of para-hydroxylation sites is 1. The third kappa shape index (κ3) is 9.64. The molecule has 7 rings (SSSR count). The number of hydrogen-bond donors (Lipinski definition) is 3. The number of hydrogen-bond acceptors (Lipinski definition) is 11. The second-order valence-electron chi connectivity index (χ2n) is 17.3. The molecule has 3 N–H and O–H groups in total. The van der Waals surface area contributed by atoms with Crippen molar-refractivity contribution in [3.05, 3.63) is 42.5 Å². The highest BCUT2D eigenvalue weighted by Gasteiger charge is 2.54. The van der Waals surface area contributed by atoms with Crippen LogP contribution in [0.2, 0.25) is 0 Å². The van der Waals surface area contributed by atoms with Crippen molar-refractivity contribution >= 4 is 67.3 Å². The van der Waals surface area contributed by atoms with Gasteiger partial charge in [0.25, 0.3) is 5.91 Å². The van der Waals surface area contributed by atoms with E-state index < -0.39 is 72.4 Å². The molecule has 0 spiro atoms. The maximum absolute atomic E-state index is 14.5. The Bertz CT molecular complexity index is 2100. The van der Waals surface area contributed by atoms with Crippen LogP contribution in [0.5, 0.6) is 11.6 Å². The number of fused-ring (bicyclic) bond motifs is 5. The van der Waals surface area contributed by atoms with Gasteiger partial charge in [-0.05, 0) is 99.4 Å². The van der Waals surface area contributed by atoms with Crippen molar-refractivity contribution in [1.82, 2.24) is 30.1 Å². The standard InChI is InChI=1S/C42H56FIN6O9S/c1-5-25(2)42(44,39(53)48-60(55,56)41(4)16-17-41)47-36(51)33-21-29-24-50(33)38(52)26(3)45-40(54)59-34-20-27(34)12-7-6-8-14-31-35(57-19-11-18-49-22-28(43)23-49)30-13-9-10-15-32(30)46-37(31)58-29/h5,9-10,13,15,25-29,33-34H,1,6-8,11-12,14,16-24H2,2-4H3,(H,45,54)(H,47,51)(H,48,53)/t25?,26-,27+,29+,33-,34+,42?/m0/s1. The van der Waals surface area contributed by atoms with E-state index in [0.717, 1.165) is 43.1 Å². The summed E-state index contributed by atoms with van der Waals surface area (Å²) in [6.45, 7) is 10.4. The summed E-state index contributed by atoms with van der Waals surface area (Å²) in [5.41, 5.74) is 1.41. The summed E-state index contributed by atoms with van der Waals surface area (Å²) < 4.78 is 58.0. The fourth-order valence-corrected chi connectivity index (χ4v) is 10.3. The van der Waals surface area contributed by atoms with Gasteiger partial charge in [0.05, 0.1) is 29.0 Å². The van der Waals surface area contributed by atoms with Crippen molar-refractivity contribution in [2.24, 2.45) is 11.8 Å². The Labute approximate surface area is 364 Å². The number of nitrogens with one attached hydrogen (secondary N) is 3. The van der Waals surface area contributed by atoms with E-state index in [2.05, 4.69) is 26.8 Å². The SMILES string of the molecule is C=CC(C)C(I)(NC(=O)[C@@H]1C[C@@H]2CN1C(=O)[C@H](C)NC(=O)O[C@@H]1C[C@H]1CCCCCc1c(nc3ccccc3c1OCCCN1CC(F)C1)O2)C(=O)NS(=O)(=O)C1(C)CC1. The van der Waals surface area contributed by atoms with E-state index in [4.69, 9.17) is 19.2 Å². The number of likely N-dealkylation sites (tertiary alicyclic amines) is 1. The Hall–Kier alpha value is -3.78. The summed E-state index contributed by atoms with van der Waals surface area (Å²) in [5, 5.41) is 6.23. The molecule has 4 heterocycles. The van der Waals surface area contributed by atoms with Crippen LogP contribution in [-0.2, 0) is 35.6 Å². The quantitative estimate of drug-likeness (QED) is 0.0882. The summed E-state index contributed by atoms with van der Waals surface area (Å²) in [4.78, 5) is 63.8. The normalized spacial score (nSPS) is 27.5. The number of carbonyl (C=O) groups excluding carboxylic acids is 4. The third-order valence-corrected chi connectivity index (χ3v) is 16.5. The highest BCUT2D eigenvalue weighted by molar-refractivity contribution is 14.1. The van der Waals surface area contributed by atoms with Gasteiger partial charge in [-0.1, -0.05) is 38.0 Å². The van der Waals surface area contributed by atoms with Crippen LogP contribution in [0.1, 0.15) is 84.1 Å². The van der Waals surface area contributed by atoms with E-state index in [1.807, 2.05) is 24.3 Å². The molecule has 3 aliphatic heterocycles. The number of benzene rings is 1. The average Bonchev–Trinajstić information content (AvgIpc) is 4.09. The molecule has 7 atom stereocenters. The average molecular weight is 967 g/mol. The fourth-order valence-electron chi connectivity index (χ4n) is 8.15. The minimum atomic E-state index is -4.06. The maximum Gasteiger partial charge on any atom is 0.408 e. The van der Waals surface area contributed by atoms with Crippen LogP contribution in [0, 0.1) is 11.8 Å². The zero-order valence-electron chi connectivity index (χ0n) is 34.4.